The molecular formula is C11H13BrN2O3. The van der Waals surface area contributed by atoms with E-state index in [1.807, 2.05) is 0 Å². The van der Waals surface area contributed by atoms with Gasteiger partial charge in [0.25, 0.3) is 0 Å². The van der Waals surface area contributed by atoms with E-state index in [-0.39, 0.29) is 18.7 Å². The van der Waals surface area contributed by atoms with E-state index in [4.69, 9.17) is 10.8 Å². The van der Waals surface area contributed by atoms with Gasteiger partial charge in [-0.15, -0.1) is 0 Å². The minimum Gasteiger partial charge on any atom is -0.481 e. The summed E-state index contributed by atoms with van der Waals surface area (Å²) < 4.78 is 0.824. The molecule has 0 spiro atoms. The van der Waals surface area contributed by atoms with Crippen molar-refractivity contribution in [3.8, 4) is 0 Å². The van der Waals surface area contributed by atoms with Crippen molar-refractivity contribution in [2.45, 2.75) is 12.8 Å². The summed E-state index contributed by atoms with van der Waals surface area (Å²) in [5.41, 5.74) is 6.81. The van der Waals surface area contributed by atoms with E-state index in [0.717, 1.165) is 4.47 Å². The summed E-state index contributed by atoms with van der Waals surface area (Å²) >= 11 is 3.27. The third-order valence-corrected chi connectivity index (χ3v) is 2.77. The molecule has 0 fully saturated rings. The van der Waals surface area contributed by atoms with Gasteiger partial charge in [0.05, 0.1) is 17.8 Å². The molecule has 5 nitrogen and oxygen atoms in total. The summed E-state index contributed by atoms with van der Waals surface area (Å²) in [4.78, 5) is 23.4. The average molecular weight is 301 g/mol. The third-order valence-electron chi connectivity index (χ3n) is 2.28. The van der Waals surface area contributed by atoms with Crippen LogP contribution in [-0.2, 0) is 9.59 Å². The van der Waals surface area contributed by atoms with E-state index in [9.17, 15) is 9.59 Å². The molecule has 0 heterocycles. The van der Waals surface area contributed by atoms with Gasteiger partial charge < -0.3 is 15.7 Å². The van der Waals surface area contributed by atoms with Gasteiger partial charge in [0.2, 0.25) is 5.91 Å². The van der Waals surface area contributed by atoms with E-state index >= 15 is 0 Å². The van der Waals surface area contributed by atoms with E-state index in [1.54, 1.807) is 25.2 Å². The first-order valence-electron chi connectivity index (χ1n) is 4.95. The normalized spacial score (nSPS) is 10.0. The summed E-state index contributed by atoms with van der Waals surface area (Å²) in [6.45, 7) is 0. The molecule has 1 amide bonds. The van der Waals surface area contributed by atoms with Gasteiger partial charge in [-0.1, -0.05) is 15.9 Å². The fourth-order valence-corrected chi connectivity index (χ4v) is 1.73. The summed E-state index contributed by atoms with van der Waals surface area (Å²) in [5.74, 6) is -1.27. The molecule has 0 bridgehead atoms. The fraction of sp³-hybridized carbons (Fsp3) is 0.273. The molecule has 0 aliphatic heterocycles. The Hall–Kier alpha value is -1.56. The number of carbonyl (C=O) groups is 2. The van der Waals surface area contributed by atoms with Gasteiger partial charge in [0.15, 0.2) is 0 Å². The van der Waals surface area contributed by atoms with Crippen molar-refractivity contribution in [3.05, 3.63) is 22.7 Å². The highest BCUT2D eigenvalue weighted by Gasteiger charge is 2.14. The molecule has 1 rings (SSSR count). The molecule has 0 aliphatic carbocycles. The zero-order valence-corrected chi connectivity index (χ0v) is 10.9. The van der Waals surface area contributed by atoms with Gasteiger partial charge in [-0.3, -0.25) is 9.59 Å². The van der Waals surface area contributed by atoms with E-state index in [0.29, 0.717) is 11.4 Å². The molecule has 0 radical (unpaired) electrons. The molecule has 0 aromatic heterocycles. The second kappa shape index (κ2) is 5.67. The highest BCUT2D eigenvalue weighted by molar-refractivity contribution is 9.10. The number of nitrogens with two attached hydrogens (primary N) is 1. The smallest absolute Gasteiger partial charge is 0.303 e. The highest BCUT2D eigenvalue weighted by Crippen LogP contribution is 2.26. The summed E-state index contributed by atoms with van der Waals surface area (Å²) in [5, 5.41) is 8.50. The van der Waals surface area contributed by atoms with Gasteiger partial charge >= 0.3 is 5.97 Å². The number of anilines is 2. The molecular weight excluding hydrogens is 288 g/mol. The lowest BCUT2D eigenvalue weighted by atomic mass is 10.2. The van der Waals surface area contributed by atoms with Gasteiger partial charge in [-0.2, -0.15) is 0 Å². The highest BCUT2D eigenvalue weighted by atomic mass is 79.9. The van der Waals surface area contributed by atoms with Gasteiger partial charge in [0.1, 0.15) is 0 Å². The Labute approximate surface area is 107 Å². The number of nitrogens with zero attached hydrogens (tertiary/aromatic N) is 1. The van der Waals surface area contributed by atoms with E-state index in [1.165, 1.54) is 4.90 Å². The van der Waals surface area contributed by atoms with Crippen LogP contribution in [0.4, 0.5) is 11.4 Å². The lowest BCUT2D eigenvalue weighted by Gasteiger charge is -2.19. The summed E-state index contributed by atoms with van der Waals surface area (Å²) in [7, 11) is 1.57. The fourth-order valence-electron chi connectivity index (χ4n) is 1.35. The van der Waals surface area contributed by atoms with Gasteiger partial charge in [-0.05, 0) is 18.2 Å². The van der Waals surface area contributed by atoms with Crippen LogP contribution < -0.4 is 10.6 Å². The quantitative estimate of drug-likeness (QED) is 0.831. The minimum atomic E-state index is -0.990. The molecule has 0 atom stereocenters. The van der Waals surface area contributed by atoms with Crippen LogP contribution in [0.2, 0.25) is 0 Å². The first-order chi connectivity index (χ1) is 7.91. The first kappa shape index (κ1) is 13.5. The zero-order valence-electron chi connectivity index (χ0n) is 9.31. The number of rotatable bonds is 4. The van der Waals surface area contributed by atoms with E-state index < -0.39 is 5.97 Å². The lowest BCUT2D eigenvalue weighted by Crippen LogP contribution is -2.27. The Morgan fingerprint density at radius 2 is 2.06 bits per heavy atom. The monoisotopic (exact) mass is 300 g/mol. The Balaban J connectivity index is 2.78. The number of carbonyl (C=O) groups excluding carboxylic acids is 1. The van der Waals surface area contributed by atoms with Crippen LogP contribution in [0.1, 0.15) is 12.8 Å². The molecule has 92 valence electrons. The second-order valence-corrected chi connectivity index (χ2v) is 4.47. The van der Waals surface area contributed by atoms with Gasteiger partial charge in [0, 0.05) is 17.9 Å². The number of carboxylic acid groups (broad SMARTS) is 1. The number of halogens is 1. The van der Waals surface area contributed by atoms with Crippen molar-refractivity contribution in [3.63, 3.8) is 0 Å². The van der Waals surface area contributed by atoms with Crippen molar-refractivity contribution in [2.75, 3.05) is 17.7 Å². The number of benzene rings is 1. The number of nitrogen functional groups attached to an aromatic ring is 1. The Morgan fingerprint density at radius 1 is 1.41 bits per heavy atom. The van der Waals surface area contributed by atoms with Crippen molar-refractivity contribution < 1.29 is 14.7 Å². The number of hydrogen-bond donors (Lipinski definition) is 2. The number of amides is 1. The Kier molecular flexibility index (Phi) is 4.51. The van der Waals surface area contributed by atoms with Crippen LogP contribution in [0, 0.1) is 0 Å². The molecule has 0 saturated heterocycles. The first-order valence-corrected chi connectivity index (χ1v) is 5.74. The lowest BCUT2D eigenvalue weighted by molar-refractivity contribution is -0.138. The maximum atomic E-state index is 11.7. The number of aliphatic carboxylic acids is 1. The average Bonchev–Trinajstić information content (AvgIpc) is 2.25. The molecule has 17 heavy (non-hydrogen) atoms. The van der Waals surface area contributed by atoms with Crippen molar-refractivity contribution in [1.82, 2.24) is 0 Å². The number of hydrogen-bond acceptors (Lipinski definition) is 3. The maximum Gasteiger partial charge on any atom is 0.303 e. The van der Waals surface area contributed by atoms with Gasteiger partial charge in [-0.25, -0.2) is 0 Å². The topological polar surface area (TPSA) is 83.6 Å². The number of carboxylic acids is 1. The molecule has 6 heteroatoms. The molecule has 0 aliphatic rings. The van der Waals surface area contributed by atoms with Crippen LogP contribution in [0.25, 0.3) is 0 Å². The van der Waals surface area contributed by atoms with Crippen molar-refractivity contribution >= 4 is 39.2 Å². The molecule has 1 aromatic carbocycles. The Morgan fingerprint density at radius 3 is 2.59 bits per heavy atom. The molecule has 1 aromatic rings. The van der Waals surface area contributed by atoms with Crippen LogP contribution >= 0.6 is 15.9 Å². The minimum absolute atomic E-state index is 0.0403. The van der Waals surface area contributed by atoms with Crippen LogP contribution in [0.5, 0.6) is 0 Å². The zero-order chi connectivity index (χ0) is 13.0. The SMILES string of the molecule is CN(C(=O)CCC(=O)O)c1ccc(Br)cc1N. The summed E-state index contributed by atoms with van der Waals surface area (Å²) in [6, 6.07) is 5.17. The van der Waals surface area contributed by atoms with Crippen molar-refractivity contribution in [2.24, 2.45) is 0 Å². The van der Waals surface area contributed by atoms with Crippen molar-refractivity contribution in [1.29, 1.82) is 0 Å². The van der Waals surface area contributed by atoms with E-state index in [2.05, 4.69) is 15.9 Å². The third kappa shape index (κ3) is 3.74. The van der Waals surface area contributed by atoms with Crippen LogP contribution in [0.15, 0.2) is 22.7 Å². The largest absolute Gasteiger partial charge is 0.481 e. The predicted octanol–water partition coefficient (Wildman–Crippen LogP) is 1.86. The predicted molar refractivity (Wildman–Crippen MR) is 68.8 cm³/mol. The summed E-state index contributed by atoms with van der Waals surface area (Å²) in [6.07, 6.45) is -0.221. The van der Waals surface area contributed by atoms with Crippen LogP contribution in [-0.4, -0.2) is 24.0 Å². The molecule has 0 unspecified atom stereocenters. The Bertz CT molecular complexity index is 448. The molecule has 3 N–H and O–H groups in total. The van der Waals surface area contributed by atoms with Crippen LogP contribution in [0.3, 0.4) is 0 Å². The standard InChI is InChI=1S/C11H13BrN2O3/c1-14(10(15)4-5-11(16)17)9-3-2-7(12)6-8(9)13/h2-3,6H,4-5,13H2,1H3,(H,16,17). The maximum absolute atomic E-state index is 11.7. The molecule has 0 saturated carbocycles. The second-order valence-electron chi connectivity index (χ2n) is 3.55.